The molecule has 0 amide bonds. The first-order valence-electron chi connectivity index (χ1n) is 8.47. The van der Waals surface area contributed by atoms with Gasteiger partial charge in [-0.25, -0.2) is 0 Å². The second kappa shape index (κ2) is 6.97. The molecule has 0 aliphatic heterocycles. The largest absolute Gasteiger partial charge is 0.872 e. The van der Waals surface area contributed by atoms with E-state index in [4.69, 9.17) is 0 Å². The van der Waals surface area contributed by atoms with Crippen molar-refractivity contribution in [3.63, 3.8) is 0 Å². The molecule has 1 aliphatic carbocycles. The first kappa shape index (κ1) is 19.4. The summed E-state index contributed by atoms with van der Waals surface area (Å²) in [5.74, 6) is -5.89. The molecule has 0 aromatic heterocycles. The Morgan fingerprint density at radius 2 is 1.68 bits per heavy atom. The zero-order valence-electron chi connectivity index (χ0n) is 14.8. The molecule has 0 saturated carbocycles. The maximum absolute atomic E-state index is 12.9. The molecule has 2 aromatic carbocycles. The lowest BCUT2D eigenvalue weighted by molar-refractivity contribution is -0.283. The van der Waals surface area contributed by atoms with Crippen LogP contribution in [-0.4, -0.2) is 39.3 Å². The van der Waals surface area contributed by atoms with Crippen molar-refractivity contribution in [3.05, 3.63) is 46.0 Å². The Morgan fingerprint density at radius 3 is 2.29 bits per heavy atom. The van der Waals surface area contributed by atoms with Crippen molar-refractivity contribution < 1.29 is 39.9 Å². The topological polar surface area (TPSA) is 158 Å². The van der Waals surface area contributed by atoms with Gasteiger partial charge in [-0.2, -0.15) is 0 Å². The molecule has 28 heavy (non-hydrogen) atoms. The molecule has 0 fully saturated rings. The Morgan fingerprint density at radius 1 is 1.04 bits per heavy atom. The Kier molecular flexibility index (Phi) is 4.82. The van der Waals surface area contributed by atoms with Crippen molar-refractivity contribution in [2.24, 2.45) is 0 Å². The number of carbonyl (C=O) groups is 3. The SMILES string of the molecule is CC(=O)CC[C@H](CO)c1c([O-])cc2c(c1[O-])C(=O)c1c(O)cc(O)cc1C2=O. The minimum absolute atomic E-state index is 0.0248. The maximum Gasteiger partial charge on any atom is 0.197 e. The molecular weight excluding hydrogens is 368 g/mol. The van der Waals surface area contributed by atoms with E-state index in [1.54, 1.807) is 0 Å². The molecule has 0 spiro atoms. The Bertz CT molecular complexity index is 1020. The van der Waals surface area contributed by atoms with Crippen LogP contribution in [0.15, 0.2) is 18.2 Å². The molecule has 0 radical (unpaired) electrons. The van der Waals surface area contributed by atoms with Crippen LogP contribution in [0, 0.1) is 0 Å². The maximum atomic E-state index is 12.9. The fraction of sp³-hybridized carbons (Fsp3) is 0.250. The molecule has 0 saturated heterocycles. The smallest absolute Gasteiger partial charge is 0.197 e. The van der Waals surface area contributed by atoms with Gasteiger partial charge in [0.05, 0.1) is 5.56 Å². The van der Waals surface area contributed by atoms with E-state index in [2.05, 4.69) is 0 Å². The minimum Gasteiger partial charge on any atom is -0.872 e. The van der Waals surface area contributed by atoms with Gasteiger partial charge in [0, 0.05) is 41.7 Å². The lowest BCUT2D eigenvalue weighted by atomic mass is 9.79. The Labute approximate surface area is 159 Å². The van der Waals surface area contributed by atoms with Crippen LogP contribution in [0.2, 0.25) is 0 Å². The highest BCUT2D eigenvalue weighted by Crippen LogP contribution is 2.43. The number of phenols is 2. The quantitative estimate of drug-likeness (QED) is 0.572. The lowest BCUT2D eigenvalue weighted by Gasteiger charge is -2.32. The molecule has 3 rings (SSSR count). The number of aliphatic hydroxyl groups excluding tert-OH is 1. The molecule has 0 heterocycles. The van der Waals surface area contributed by atoms with Gasteiger partial charge in [0.15, 0.2) is 11.6 Å². The zero-order chi connectivity index (χ0) is 20.7. The van der Waals surface area contributed by atoms with Crippen LogP contribution in [0.25, 0.3) is 0 Å². The molecule has 8 nitrogen and oxygen atoms in total. The first-order chi connectivity index (χ1) is 13.2. The zero-order valence-corrected chi connectivity index (χ0v) is 14.8. The van der Waals surface area contributed by atoms with Gasteiger partial charge in [-0.05, 0) is 19.4 Å². The summed E-state index contributed by atoms with van der Waals surface area (Å²) in [5, 5.41) is 54.6. The van der Waals surface area contributed by atoms with Crippen molar-refractivity contribution in [2.75, 3.05) is 6.61 Å². The van der Waals surface area contributed by atoms with E-state index in [0.29, 0.717) is 0 Å². The number of aromatic hydroxyl groups is 2. The van der Waals surface area contributed by atoms with E-state index in [9.17, 15) is 39.9 Å². The summed E-state index contributed by atoms with van der Waals surface area (Å²) in [4.78, 5) is 36.7. The van der Waals surface area contributed by atoms with E-state index in [1.807, 2.05) is 0 Å². The first-order valence-corrected chi connectivity index (χ1v) is 8.47. The number of aliphatic hydroxyl groups is 1. The molecule has 2 aromatic rings. The van der Waals surface area contributed by atoms with E-state index < -0.39 is 63.8 Å². The van der Waals surface area contributed by atoms with E-state index >= 15 is 0 Å². The van der Waals surface area contributed by atoms with Gasteiger partial charge in [0.1, 0.15) is 17.3 Å². The minimum atomic E-state index is -0.999. The number of fused-ring (bicyclic) bond motifs is 2. The van der Waals surface area contributed by atoms with E-state index in [-0.39, 0.29) is 29.8 Å². The molecule has 1 aliphatic rings. The summed E-state index contributed by atoms with van der Waals surface area (Å²) in [5.41, 5.74) is -2.08. The van der Waals surface area contributed by atoms with Crippen LogP contribution in [-0.2, 0) is 4.79 Å². The van der Waals surface area contributed by atoms with Crippen molar-refractivity contribution >= 4 is 17.3 Å². The summed E-state index contributed by atoms with van der Waals surface area (Å²) in [6.45, 7) is 0.739. The molecule has 0 unspecified atom stereocenters. The normalized spacial score (nSPS) is 13.8. The number of hydrogen-bond acceptors (Lipinski definition) is 8. The Hall–Kier alpha value is -3.39. The third-order valence-corrected chi connectivity index (χ3v) is 4.80. The number of benzene rings is 2. The highest BCUT2D eigenvalue weighted by atomic mass is 16.3. The van der Waals surface area contributed by atoms with Gasteiger partial charge in [0.25, 0.3) is 0 Å². The molecule has 0 bridgehead atoms. The second-order valence-corrected chi connectivity index (χ2v) is 6.71. The number of rotatable bonds is 5. The lowest BCUT2D eigenvalue weighted by Crippen LogP contribution is -2.25. The van der Waals surface area contributed by atoms with Crippen molar-refractivity contribution in [1.29, 1.82) is 0 Å². The van der Waals surface area contributed by atoms with Crippen molar-refractivity contribution in [3.8, 4) is 23.0 Å². The number of Topliss-reactive ketones (excluding diaryl/α,β-unsaturated/α-hetero) is 1. The summed E-state index contributed by atoms with van der Waals surface area (Å²) in [6.07, 6.45) is 0.0594. The van der Waals surface area contributed by atoms with Gasteiger partial charge in [-0.3, -0.25) is 9.59 Å². The van der Waals surface area contributed by atoms with Crippen LogP contribution in [0.5, 0.6) is 23.0 Å². The number of phenolic OH excluding ortho intramolecular Hbond substituents is 2. The van der Waals surface area contributed by atoms with Crippen molar-refractivity contribution in [2.45, 2.75) is 25.7 Å². The number of carbonyl (C=O) groups excluding carboxylic acids is 3. The van der Waals surface area contributed by atoms with Crippen LogP contribution < -0.4 is 10.2 Å². The highest BCUT2D eigenvalue weighted by molar-refractivity contribution is 6.30. The predicted molar refractivity (Wildman–Crippen MR) is 91.7 cm³/mol. The van der Waals surface area contributed by atoms with Crippen LogP contribution in [0.3, 0.4) is 0 Å². The Balaban J connectivity index is 2.21. The summed E-state index contributed by atoms with van der Waals surface area (Å²) >= 11 is 0. The van der Waals surface area contributed by atoms with Crippen LogP contribution >= 0.6 is 0 Å². The molecule has 8 heteroatoms. The van der Waals surface area contributed by atoms with E-state index in [1.165, 1.54) is 6.92 Å². The standard InChI is InChI=1S/C20H18O8/c1-8(22)2-3-9(7-21)15-14(25)6-12-17(19(15)27)20(28)16-11(18(12)26)4-10(23)5-13(16)24/h4-6,9,21,23-25,27H,2-3,7H2,1H3/p-2/t9-/m1/s1. The average Bonchev–Trinajstić information content (AvgIpc) is 2.60. The summed E-state index contributed by atoms with van der Waals surface area (Å²) in [7, 11) is 0. The van der Waals surface area contributed by atoms with E-state index in [0.717, 1.165) is 18.2 Å². The van der Waals surface area contributed by atoms with Gasteiger partial charge >= 0.3 is 0 Å². The summed E-state index contributed by atoms with van der Waals surface area (Å²) < 4.78 is 0. The summed E-state index contributed by atoms with van der Waals surface area (Å²) in [6, 6.07) is 2.70. The van der Waals surface area contributed by atoms with Crippen molar-refractivity contribution in [1.82, 2.24) is 0 Å². The molecule has 1 atom stereocenters. The van der Waals surface area contributed by atoms with Gasteiger partial charge in [-0.1, -0.05) is 17.4 Å². The van der Waals surface area contributed by atoms with Crippen LogP contribution in [0.4, 0.5) is 0 Å². The monoisotopic (exact) mass is 384 g/mol. The highest BCUT2D eigenvalue weighted by Gasteiger charge is 2.34. The van der Waals surface area contributed by atoms with Gasteiger partial charge < -0.3 is 30.3 Å². The molecular formula is C20H16O8-2. The average molecular weight is 384 g/mol. The fourth-order valence-corrected chi connectivity index (χ4v) is 3.45. The number of hydrogen-bond donors (Lipinski definition) is 3. The number of ketones is 3. The third kappa shape index (κ3) is 2.97. The second-order valence-electron chi connectivity index (χ2n) is 6.71. The van der Waals surface area contributed by atoms with Gasteiger partial charge in [0.2, 0.25) is 0 Å². The van der Waals surface area contributed by atoms with Gasteiger partial charge in [-0.15, -0.1) is 5.75 Å². The molecule has 3 N–H and O–H groups in total. The predicted octanol–water partition coefficient (Wildman–Crippen LogP) is 0.466. The van der Waals surface area contributed by atoms with Crippen LogP contribution in [0.1, 0.15) is 63.1 Å². The molecule has 146 valence electrons. The third-order valence-electron chi connectivity index (χ3n) is 4.80. The fourth-order valence-electron chi connectivity index (χ4n) is 3.45.